The minimum absolute atomic E-state index is 0.0366. The van der Waals surface area contributed by atoms with Crippen molar-refractivity contribution in [2.24, 2.45) is 5.41 Å². The molecule has 0 aromatic rings. The second-order valence-corrected chi connectivity index (χ2v) is 7.20. The van der Waals surface area contributed by atoms with Crippen LogP contribution in [-0.4, -0.2) is 35.0 Å². The van der Waals surface area contributed by atoms with Crippen molar-refractivity contribution in [2.45, 2.75) is 46.5 Å². The van der Waals surface area contributed by atoms with Gasteiger partial charge in [-0.05, 0) is 36.8 Å². The highest BCUT2D eigenvalue weighted by molar-refractivity contribution is 5.96. The molecule has 0 aromatic carbocycles. The zero-order valence-electron chi connectivity index (χ0n) is 15.0. The van der Waals surface area contributed by atoms with Crippen LogP contribution >= 0.6 is 0 Å². The molecule has 0 spiro atoms. The van der Waals surface area contributed by atoms with Crippen LogP contribution in [0.25, 0.3) is 0 Å². The highest BCUT2D eigenvalue weighted by Gasteiger charge is 2.18. The van der Waals surface area contributed by atoms with E-state index in [0.717, 1.165) is 12.8 Å². The largest absolute Gasteiger partial charge is 0.481 e. The molecule has 0 heterocycles. The maximum absolute atomic E-state index is 12.8. The number of carboxylic acid groups (broad SMARTS) is 1. The molecule has 1 aliphatic rings. The van der Waals surface area contributed by atoms with Crippen LogP contribution in [0.1, 0.15) is 46.5 Å². The summed E-state index contributed by atoms with van der Waals surface area (Å²) in [5, 5.41) is 8.82. The maximum Gasteiger partial charge on any atom is 0.303 e. The molecule has 4 heteroatoms. The van der Waals surface area contributed by atoms with Gasteiger partial charge in [-0.1, -0.05) is 51.2 Å². The lowest BCUT2D eigenvalue weighted by atomic mass is 9.90. The molecule has 0 aromatic heterocycles. The average molecular weight is 331 g/mol. The van der Waals surface area contributed by atoms with Gasteiger partial charge in [0.25, 0.3) is 5.91 Å². The molecular weight excluding hydrogens is 302 g/mol. The Balaban J connectivity index is 2.73. The molecule has 0 radical (unpaired) electrons. The van der Waals surface area contributed by atoms with Crippen LogP contribution in [-0.2, 0) is 9.59 Å². The normalized spacial score (nSPS) is 16.7. The Morgan fingerprint density at radius 2 is 1.62 bits per heavy atom. The minimum atomic E-state index is -0.824. The van der Waals surface area contributed by atoms with E-state index in [1.54, 1.807) is 17.1 Å². The van der Waals surface area contributed by atoms with Gasteiger partial charge < -0.3 is 10.0 Å². The topological polar surface area (TPSA) is 57.6 Å². The fraction of sp³-hybridized carbons (Fsp3) is 0.500. The van der Waals surface area contributed by atoms with Crippen LogP contribution in [0.5, 0.6) is 0 Å². The zero-order chi connectivity index (χ0) is 18.0. The lowest BCUT2D eigenvalue weighted by molar-refractivity contribution is -0.137. The number of allylic oxidation sites excluding steroid dienone is 6. The molecule has 132 valence electrons. The van der Waals surface area contributed by atoms with Crippen LogP contribution in [0.15, 0.2) is 48.1 Å². The van der Waals surface area contributed by atoms with Crippen LogP contribution in [0, 0.1) is 5.41 Å². The van der Waals surface area contributed by atoms with Crippen molar-refractivity contribution in [3.05, 3.63) is 48.1 Å². The lowest BCUT2D eigenvalue weighted by Gasteiger charge is -2.25. The molecule has 0 saturated heterocycles. The summed E-state index contributed by atoms with van der Waals surface area (Å²) < 4.78 is 0. The second-order valence-electron chi connectivity index (χ2n) is 7.20. The van der Waals surface area contributed by atoms with Gasteiger partial charge in [0.05, 0.1) is 0 Å². The van der Waals surface area contributed by atoms with Crippen LogP contribution in [0.2, 0.25) is 0 Å². The molecule has 24 heavy (non-hydrogen) atoms. The minimum Gasteiger partial charge on any atom is -0.481 e. The average Bonchev–Trinajstić information content (AvgIpc) is 2.43. The first-order valence-electron chi connectivity index (χ1n) is 8.52. The van der Waals surface area contributed by atoms with Crippen molar-refractivity contribution in [2.75, 3.05) is 13.1 Å². The van der Waals surface area contributed by atoms with Crippen molar-refractivity contribution < 1.29 is 14.7 Å². The number of hydrogen-bond donors (Lipinski definition) is 1. The summed E-state index contributed by atoms with van der Waals surface area (Å²) in [6.45, 7) is 7.67. The molecule has 0 saturated carbocycles. The van der Waals surface area contributed by atoms with E-state index >= 15 is 0 Å². The van der Waals surface area contributed by atoms with Gasteiger partial charge >= 0.3 is 5.97 Å². The molecule has 1 aliphatic carbocycles. The third kappa shape index (κ3) is 8.51. The number of carboxylic acids is 1. The number of aliphatic carboxylic acids is 1. The summed E-state index contributed by atoms with van der Waals surface area (Å²) in [6.07, 6.45) is 15.5. The smallest absolute Gasteiger partial charge is 0.303 e. The summed E-state index contributed by atoms with van der Waals surface area (Å²) in [5.41, 5.74) is 0.851. The Morgan fingerprint density at radius 1 is 1.00 bits per heavy atom. The van der Waals surface area contributed by atoms with Crippen LogP contribution in [0.3, 0.4) is 0 Å². The molecule has 1 amide bonds. The zero-order valence-corrected chi connectivity index (χ0v) is 15.0. The van der Waals surface area contributed by atoms with Crippen molar-refractivity contribution in [1.29, 1.82) is 0 Å². The van der Waals surface area contributed by atoms with Crippen LogP contribution < -0.4 is 0 Å². The van der Waals surface area contributed by atoms with Gasteiger partial charge in [0.15, 0.2) is 0 Å². The first-order chi connectivity index (χ1) is 11.3. The lowest BCUT2D eigenvalue weighted by Crippen LogP contribution is -2.34. The Morgan fingerprint density at radius 3 is 2.29 bits per heavy atom. The predicted molar refractivity (Wildman–Crippen MR) is 97.6 cm³/mol. The van der Waals surface area contributed by atoms with E-state index in [0.29, 0.717) is 25.1 Å². The van der Waals surface area contributed by atoms with Crippen molar-refractivity contribution >= 4 is 11.9 Å². The number of hydrogen-bond acceptors (Lipinski definition) is 2. The molecular formula is C20H29NO3. The van der Waals surface area contributed by atoms with E-state index in [1.165, 1.54) is 0 Å². The van der Waals surface area contributed by atoms with E-state index < -0.39 is 5.97 Å². The van der Waals surface area contributed by atoms with Gasteiger partial charge in [0.2, 0.25) is 0 Å². The first-order valence-corrected chi connectivity index (χ1v) is 8.52. The fourth-order valence-corrected chi connectivity index (χ4v) is 2.43. The highest BCUT2D eigenvalue weighted by Crippen LogP contribution is 2.21. The Bertz CT molecular complexity index is 548. The molecule has 0 bridgehead atoms. The number of amides is 1. The van der Waals surface area contributed by atoms with Gasteiger partial charge in [0, 0.05) is 25.1 Å². The maximum atomic E-state index is 12.8. The summed E-state index contributed by atoms with van der Waals surface area (Å²) in [4.78, 5) is 25.3. The molecule has 1 rings (SSSR count). The SMILES string of the molecule is CC(C)(C)CCCN(CCCC(=O)O)C(=O)C1=C/C=C\C=C/C=C1. The third-order valence-electron chi connectivity index (χ3n) is 3.70. The quantitative estimate of drug-likeness (QED) is 0.728. The van der Waals surface area contributed by atoms with Gasteiger partial charge in [-0.25, -0.2) is 0 Å². The van der Waals surface area contributed by atoms with Crippen molar-refractivity contribution in [1.82, 2.24) is 4.90 Å². The van der Waals surface area contributed by atoms with Gasteiger partial charge in [-0.2, -0.15) is 0 Å². The molecule has 0 aliphatic heterocycles. The Kier molecular flexibility index (Phi) is 8.24. The summed E-state index contributed by atoms with van der Waals surface area (Å²) in [6, 6.07) is 0. The first kappa shape index (κ1) is 19.9. The summed E-state index contributed by atoms with van der Waals surface area (Å²) in [7, 11) is 0. The molecule has 1 N–H and O–H groups in total. The molecule has 0 atom stereocenters. The Labute approximate surface area is 145 Å². The highest BCUT2D eigenvalue weighted by atomic mass is 16.4. The fourth-order valence-electron chi connectivity index (χ4n) is 2.43. The number of carbonyl (C=O) groups is 2. The van der Waals surface area contributed by atoms with Crippen molar-refractivity contribution in [3.63, 3.8) is 0 Å². The monoisotopic (exact) mass is 331 g/mol. The summed E-state index contributed by atoms with van der Waals surface area (Å²) in [5.74, 6) is -0.860. The number of nitrogens with zero attached hydrogens (tertiary/aromatic N) is 1. The van der Waals surface area contributed by atoms with E-state index in [1.807, 2.05) is 30.4 Å². The van der Waals surface area contributed by atoms with Gasteiger partial charge in [0.1, 0.15) is 0 Å². The number of rotatable bonds is 8. The van der Waals surface area contributed by atoms with E-state index in [9.17, 15) is 9.59 Å². The van der Waals surface area contributed by atoms with Gasteiger partial charge in [-0.15, -0.1) is 0 Å². The predicted octanol–water partition coefficient (Wildman–Crippen LogP) is 4.11. The Hall–Kier alpha value is -2.10. The van der Waals surface area contributed by atoms with E-state index in [2.05, 4.69) is 20.8 Å². The third-order valence-corrected chi connectivity index (χ3v) is 3.70. The standard InChI is InChI=1S/C20H29NO3/c1-20(2,3)14-10-16-21(15-9-13-18(22)23)19(24)17-11-7-5-4-6-8-12-17/h4-8,11-12H,9-10,13-16H2,1-3H3,(H,22,23)/b5-4-,6-4?,7-5?,8-6-,11-7?,12-8?,17-11?,17-12?. The second kappa shape index (κ2) is 9.91. The van der Waals surface area contributed by atoms with Crippen LogP contribution in [0.4, 0.5) is 0 Å². The van der Waals surface area contributed by atoms with E-state index in [-0.39, 0.29) is 17.7 Å². The molecule has 0 unspecified atom stereocenters. The molecule has 0 fully saturated rings. The van der Waals surface area contributed by atoms with Gasteiger partial charge in [-0.3, -0.25) is 9.59 Å². The molecule has 4 nitrogen and oxygen atoms in total. The van der Waals surface area contributed by atoms with Crippen molar-refractivity contribution in [3.8, 4) is 0 Å². The summed E-state index contributed by atoms with van der Waals surface area (Å²) >= 11 is 0. The number of carbonyl (C=O) groups excluding carboxylic acids is 1. The van der Waals surface area contributed by atoms with E-state index in [4.69, 9.17) is 5.11 Å².